The van der Waals surface area contributed by atoms with E-state index < -0.39 is 22.3 Å². The fourth-order valence-corrected chi connectivity index (χ4v) is 2.23. The Labute approximate surface area is 93.3 Å². The predicted molar refractivity (Wildman–Crippen MR) is 56.3 cm³/mol. The molecule has 14 heavy (non-hydrogen) atoms. The topological polar surface area (TPSA) is 34.1 Å². The van der Waals surface area contributed by atoms with Gasteiger partial charge in [-0.2, -0.15) is 0 Å². The van der Waals surface area contributed by atoms with Crippen LogP contribution in [-0.2, 0) is 9.59 Å². The van der Waals surface area contributed by atoms with Gasteiger partial charge in [-0.1, -0.05) is 11.1 Å². The standard InChI is InChI=1S/C10H12Cl2O2/c1-5-3-7(9(11)13)8(10(12)14)4-6(5)2/h7-8H,3-4H2,1-2H3/t7-,8-/m0/s1. The number of hydrogen-bond donors (Lipinski definition) is 0. The summed E-state index contributed by atoms with van der Waals surface area (Å²) >= 11 is 10.9. The molecular formula is C10H12Cl2O2. The van der Waals surface area contributed by atoms with Crippen LogP contribution in [0.1, 0.15) is 26.7 Å². The third-order valence-electron chi connectivity index (χ3n) is 2.85. The molecule has 2 nitrogen and oxygen atoms in total. The number of carbonyl (C=O) groups is 2. The summed E-state index contributed by atoms with van der Waals surface area (Å²) in [4.78, 5) is 22.2. The molecule has 0 bridgehead atoms. The van der Waals surface area contributed by atoms with Crippen LogP contribution in [0.25, 0.3) is 0 Å². The maximum Gasteiger partial charge on any atom is 0.225 e. The van der Waals surface area contributed by atoms with Gasteiger partial charge in [0.15, 0.2) is 0 Å². The van der Waals surface area contributed by atoms with Crippen molar-refractivity contribution >= 4 is 33.7 Å². The average molecular weight is 235 g/mol. The van der Waals surface area contributed by atoms with Crippen LogP contribution in [0.2, 0.25) is 0 Å². The molecule has 4 heteroatoms. The second-order valence-corrected chi connectivity index (χ2v) is 4.54. The van der Waals surface area contributed by atoms with Crippen LogP contribution < -0.4 is 0 Å². The van der Waals surface area contributed by atoms with Crippen molar-refractivity contribution in [2.24, 2.45) is 11.8 Å². The van der Waals surface area contributed by atoms with Crippen molar-refractivity contribution in [3.05, 3.63) is 11.1 Å². The van der Waals surface area contributed by atoms with Crippen LogP contribution in [0.3, 0.4) is 0 Å². The molecule has 78 valence electrons. The van der Waals surface area contributed by atoms with Crippen LogP contribution >= 0.6 is 23.2 Å². The van der Waals surface area contributed by atoms with E-state index in [0.717, 1.165) is 11.1 Å². The van der Waals surface area contributed by atoms with Gasteiger partial charge >= 0.3 is 0 Å². The third-order valence-corrected chi connectivity index (χ3v) is 3.41. The van der Waals surface area contributed by atoms with E-state index in [1.165, 1.54) is 0 Å². The normalized spacial score (nSPS) is 27.7. The van der Waals surface area contributed by atoms with Crippen LogP contribution in [0, 0.1) is 11.8 Å². The second-order valence-electron chi connectivity index (χ2n) is 3.79. The summed E-state index contributed by atoms with van der Waals surface area (Å²) in [5.74, 6) is -0.879. The van der Waals surface area contributed by atoms with Gasteiger partial charge in [0.2, 0.25) is 10.5 Å². The van der Waals surface area contributed by atoms with Crippen molar-refractivity contribution in [3.63, 3.8) is 0 Å². The lowest BCUT2D eigenvalue weighted by molar-refractivity contribution is -0.124. The van der Waals surface area contributed by atoms with E-state index in [1.54, 1.807) is 0 Å². The zero-order valence-electron chi connectivity index (χ0n) is 8.14. The highest BCUT2D eigenvalue weighted by Crippen LogP contribution is 2.36. The molecule has 0 aliphatic heterocycles. The second kappa shape index (κ2) is 4.45. The van der Waals surface area contributed by atoms with Gasteiger partial charge in [0, 0.05) is 11.8 Å². The summed E-state index contributed by atoms with van der Waals surface area (Å²) in [6.07, 6.45) is 1.11. The number of carbonyl (C=O) groups excluding carboxylic acids is 2. The highest BCUT2D eigenvalue weighted by molar-refractivity contribution is 6.66. The zero-order valence-corrected chi connectivity index (χ0v) is 9.65. The molecule has 0 radical (unpaired) electrons. The number of halogens is 2. The van der Waals surface area contributed by atoms with E-state index in [9.17, 15) is 9.59 Å². The van der Waals surface area contributed by atoms with Crippen molar-refractivity contribution in [1.29, 1.82) is 0 Å². The lowest BCUT2D eigenvalue weighted by Gasteiger charge is -2.27. The Kier molecular flexibility index (Phi) is 3.73. The minimum atomic E-state index is -0.462. The highest BCUT2D eigenvalue weighted by atomic mass is 35.5. The molecule has 1 aliphatic carbocycles. The summed E-state index contributed by atoms with van der Waals surface area (Å²) in [5.41, 5.74) is 2.27. The summed E-state index contributed by atoms with van der Waals surface area (Å²) in [5, 5.41) is -0.924. The predicted octanol–water partition coefficient (Wildman–Crippen LogP) is 2.88. The third kappa shape index (κ3) is 2.37. The average Bonchev–Trinajstić information content (AvgIpc) is 2.08. The van der Waals surface area contributed by atoms with Gasteiger partial charge in [-0.25, -0.2) is 0 Å². The maximum atomic E-state index is 11.1. The van der Waals surface area contributed by atoms with E-state index in [1.807, 2.05) is 13.8 Å². The van der Waals surface area contributed by atoms with Gasteiger partial charge in [0.25, 0.3) is 0 Å². The molecule has 0 N–H and O–H groups in total. The molecule has 0 fully saturated rings. The van der Waals surface area contributed by atoms with E-state index in [2.05, 4.69) is 0 Å². The van der Waals surface area contributed by atoms with Crippen LogP contribution in [0.4, 0.5) is 0 Å². The Morgan fingerprint density at radius 2 is 1.29 bits per heavy atom. The highest BCUT2D eigenvalue weighted by Gasteiger charge is 2.35. The van der Waals surface area contributed by atoms with Crippen LogP contribution in [0.15, 0.2) is 11.1 Å². The molecule has 0 aromatic carbocycles. The first-order valence-electron chi connectivity index (χ1n) is 4.47. The molecule has 0 unspecified atom stereocenters. The maximum absolute atomic E-state index is 11.1. The Morgan fingerprint density at radius 3 is 1.50 bits per heavy atom. The van der Waals surface area contributed by atoms with Crippen LogP contribution in [-0.4, -0.2) is 10.5 Å². The first-order valence-corrected chi connectivity index (χ1v) is 5.23. The van der Waals surface area contributed by atoms with E-state index in [4.69, 9.17) is 23.2 Å². The Bertz CT molecular complexity index is 277. The summed E-state index contributed by atoms with van der Waals surface area (Å²) in [6.45, 7) is 3.91. The fourth-order valence-electron chi connectivity index (χ4n) is 1.77. The molecular weight excluding hydrogens is 223 g/mol. The number of hydrogen-bond acceptors (Lipinski definition) is 2. The summed E-state index contributed by atoms with van der Waals surface area (Å²) in [7, 11) is 0. The van der Waals surface area contributed by atoms with E-state index >= 15 is 0 Å². The summed E-state index contributed by atoms with van der Waals surface area (Å²) in [6, 6.07) is 0. The smallest absolute Gasteiger partial charge is 0.225 e. The monoisotopic (exact) mass is 234 g/mol. The number of rotatable bonds is 2. The SMILES string of the molecule is CC1=C(C)C[C@H](C(=O)Cl)[C@@H](C(=O)Cl)C1. The zero-order chi connectivity index (χ0) is 10.9. The van der Waals surface area contributed by atoms with Crippen molar-refractivity contribution in [1.82, 2.24) is 0 Å². The molecule has 0 saturated heterocycles. The molecule has 0 spiro atoms. The largest absolute Gasteiger partial charge is 0.281 e. The Balaban J connectivity index is 2.95. The lowest BCUT2D eigenvalue weighted by atomic mass is 9.78. The van der Waals surface area contributed by atoms with Crippen LogP contribution in [0.5, 0.6) is 0 Å². The Morgan fingerprint density at radius 1 is 1.00 bits per heavy atom. The van der Waals surface area contributed by atoms with Gasteiger partial charge < -0.3 is 0 Å². The molecule has 1 aliphatic rings. The molecule has 0 aromatic heterocycles. The first kappa shape index (κ1) is 11.7. The quantitative estimate of drug-likeness (QED) is 0.544. The Hall–Kier alpha value is -0.340. The molecule has 0 amide bonds. The van der Waals surface area contributed by atoms with Gasteiger partial charge in [0.1, 0.15) is 0 Å². The minimum Gasteiger partial charge on any atom is -0.281 e. The van der Waals surface area contributed by atoms with Crippen molar-refractivity contribution in [3.8, 4) is 0 Å². The molecule has 1 rings (SSSR count). The van der Waals surface area contributed by atoms with Crippen molar-refractivity contribution in [2.45, 2.75) is 26.7 Å². The fraction of sp³-hybridized carbons (Fsp3) is 0.600. The van der Waals surface area contributed by atoms with E-state index in [-0.39, 0.29) is 0 Å². The van der Waals surface area contributed by atoms with Gasteiger partial charge in [-0.05, 0) is 49.9 Å². The van der Waals surface area contributed by atoms with E-state index in [0.29, 0.717) is 12.8 Å². The van der Waals surface area contributed by atoms with Crippen molar-refractivity contribution in [2.75, 3.05) is 0 Å². The molecule has 2 atom stereocenters. The number of allylic oxidation sites excluding steroid dienone is 2. The molecule has 0 aromatic rings. The first-order chi connectivity index (χ1) is 6.43. The lowest BCUT2D eigenvalue weighted by Crippen LogP contribution is -2.29. The molecule has 0 heterocycles. The van der Waals surface area contributed by atoms with Gasteiger partial charge in [0.05, 0.1) is 0 Å². The van der Waals surface area contributed by atoms with Crippen molar-refractivity contribution < 1.29 is 9.59 Å². The van der Waals surface area contributed by atoms with Gasteiger partial charge in [-0.3, -0.25) is 9.59 Å². The minimum absolute atomic E-state index is 0.439. The molecule has 0 saturated carbocycles. The van der Waals surface area contributed by atoms with Gasteiger partial charge in [-0.15, -0.1) is 0 Å². The summed E-state index contributed by atoms with van der Waals surface area (Å²) < 4.78 is 0.